The van der Waals surface area contributed by atoms with E-state index < -0.39 is 23.7 Å². The molecule has 0 aliphatic heterocycles. The molecule has 1 aromatic rings. The van der Waals surface area contributed by atoms with Gasteiger partial charge in [0.25, 0.3) is 0 Å². The third-order valence-corrected chi connectivity index (χ3v) is 2.52. The van der Waals surface area contributed by atoms with Gasteiger partial charge in [0.05, 0.1) is 25.6 Å². The van der Waals surface area contributed by atoms with Gasteiger partial charge in [-0.15, -0.1) is 0 Å². The highest BCUT2D eigenvalue weighted by Gasteiger charge is 2.25. The normalized spacial score (nSPS) is 11.7. The lowest BCUT2D eigenvalue weighted by atomic mass is 9.96. The number of benzene rings is 1. The van der Waals surface area contributed by atoms with E-state index in [1.54, 1.807) is 13.8 Å². The Morgan fingerprint density at radius 2 is 1.68 bits per heavy atom. The van der Waals surface area contributed by atoms with E-state index in [4.69, 9.17) is 9.47 Å². The summed E-state index contributed by atoms with van der Waals surface area (Å²) in [5.74, 6) is -2.16. The van der Waals surface area contributed by atoms with Crippen LogP contribution in [0.2, 0.25) is 0 Å². The van der Waals surface area contributed by atoms with E-state index in [1.165, 1.54) is 24.3 Å². The van der Waals surface area contributed by atoms with E-state index in [0.29, 0.717) is 5.56 Å². The minimum absolute atomic E-state index is 0.113. The standard InChI is InChI=1S/C14H17FO4/c1-3-18-13(16)9-12(14(17)19-4-2)10-5-7-11(15)8-6-10/h5-8,12H,3-4,9H2,1-2H3/t12-/m1/s1. The highest BCUT2D eigenvalue weighted by Crippen LogP contribution is 2.22. The molecule has 1 aromatic carbocycles. The topological polar surface area (TPSA) is 52.6 Å². The van der Waals surface area contributed by atoms with Crippen molar-refractivity contribution in [2.24, 2.45) is 0 Å². The van der Waals surface area contributed by atoms with Crippen LogP contribution in [0.3, 0.4) is 0 Å². The molecule has 0 amide bonds. The molecule has 0 aliphatic rings. The Morgan fingerprint density at radius 1 is 1.11 bits per heavy atom. The van der Waals surface area contributed by atoms with Crippen LogP contribution in [-0.2, 0) is 19.1 Å². The third-order valence-electron chi connectivity index (χ3n) is 2.52. The highest BCUT2D eigenvalue weighted by atomic mass is 19.1. The smallest absolute Gasteiger partial charge is 0.313 e. The van der Waals surface area contributed by atoms with Crippen molar-refractivity contribution < 1.29 is 23.5 Å². The van der Waals surface area contributed by atoms with Crippen LogP contribution in [0.25, 0.3) is 0 Å². The van der Waals surface area contributed by atoms with Crippen molar-refractivity contribution >= 4 is 11.9 Å². The summed E-state index contributed by atoms with van der Waals surface area (Å²) in [6.45, 7) is 3.84. The maximum atomic E-state index is 12.9. The largest absolute Gasteiger partial charge is 0.466 e. The van der Waals surface area contributed by atoms with Gasteiger partial charge in [-0.05, 0) is 31.5 Å². The summed E-state index contributed by atoms with van der Waals surface area (Å²) < 4.78 is 22.6. The molecule has 0 aliphatic carbocycles. The molecule has 4 nitrogen and oxygen atoms in total. The summed E-state index contributed by atoms with van der Waals surface area (Å²) >= 11 is 0. The number of halogens is 1. The first-order valence-electron chi connectivity index (χ1n) is 6.16. The SMILES string of the molecule is CCOC(=O)C[C@@H](C(=O)OCC)c1ccc(F)cc1. The zero-order valence-electron chi connectivity index (χ0n) is 11.0. The molecule has 0 saturated heterocycles. The molecule has 5 heteroatoms. The second-order valence-electron chi connectivity index (χ2n) is 3.87. The highest BCUT2D eigenvalue weighted by molar-refractivity contribution is 5.84. The Labute approximate surface area is 111 Å². The minimum Gasteiger partial charge on any atom is -0.466 e. The first-order chi connectivity index (χ1) is 9.08. The van der Waals surface area contributed by atoms with E-state index in [0.717, 1.165) is 0 Å². The third kappa shape index (κ3) is 4.69. The molecule has 0 heterocycles. The summed E-state index contributed by atoms with van der Waals surface area (Å²) in [4.78, 5) is 23.3. The van der Waals surface area contributed by atoms with Crippen LogP contribution in [0.15, 0.2) is 24.3 Å². The van der Waals surface area contributed by atoms with Crippen molar-refractivity contribution in [1.82, 2.24) is 0 Å². The van der Waals surface area contributed by atoms with Gasteiger partial charge in [0.15, 0.2) is 0 Å². The maximum Gasteiger partial charge on any atom is 0.313 e. The summed E-state index contributed by atoms with van der Waals surface area (Å²) in [5, 5.41) is 0. The number of carbonyl (C=O) groups is 2. The van der Waals surface area contributed by atoms with Crippen LogP contribution >= 0.6 is 0 Å². The number of carbonyl (C=O) groups excluding carboxylic acids is 2. The van der Waals surface area contributed by atoms with Gasteiger partial charge in [-0.25, -0.2) is 4.39 Å². The van der Waals surface area contributed by atoms with Crippen LogP contribution in [0, 0.1) is 5.82 Å². The fourth-order valence-corrected chi connectivity index (χ4v) is 1.66. The van der Waals surface area contributed by atoms with Crippen molar-refractivity contribution in [1.29, 1.82) is 0 Å². The summed E-state index contributed by atoms with van der Waals surface area (Å²) in [7, 11) is 0. The number of ether oxygens (including phenoxy) is 2. The average molecular weight is 268 g/mol. The molecule has 104 valence electrons. The van der Waals surface area contributed by atoms with Crippen molar-refractivity contribution in [3.63, 3.8) is 0 Å². The molecule has 0 fully saturated rings. The fourth-order valence-electron chi connectivity index (χ4n) is 1.66. The van der Waals surface area contributed by atoms with Gasteiger partial charge in [0.1, 0.15) is 5.82 Å². The lowest BCUT2D eigenvalue weighted by Crippen LogP contribution is -2.20. The van der Waals surface area contributed by atoms with Gasteiger partial charge in [-0.2, -0.15) is 0 Å². The first kappa shape index (κ1) is 15.1. The Kier molecular flexibility index (Phi) is 5.99. The molecule has 19 heavy (non-hydrogen) atoms. The Balaban J connectivity index is 2.88. The average Bonchev–Trinajstić information content (AvgIpc) is 2.38. The van der Waals surface area contributed by atoms with Gasteiger partial charge in [-0.1, -0.05) is 12.1 Å². The Morgan fingerprint density at radius 3 is 2.21 bits per heavy atom. The maximum absolute atomic E-state index is 12.9. The van der Waals surface area contributed by atoms with Gasteiger partial charge in [0, 0.05) is 0 Å². The quantitative estimate of drug-likeness (QED) is 0.743. The van der Waals surface area contributed by atoms with E-state index in [9.17, 15) is 14.0 Å². The van der Waals surface area contributed by atoms with Gasteiger partial charge in [0.2, 0.25) is 0 Å². The molecule has 1 atom stereocenters. The molecule has 1 rings (SSSR count). The summed E-state index contributed by atoms with van der Waals surface area (Å²) in [6.07, 6.45) is -0.113. The fraction of sp³-hybridized carbons (Fsp3) is 0.429. The van der Waals surface area contributed by atoms with Crippen molar-refractivity contribution in [2.45, 2.75) is 26.2 Å². The second kappa shape index (κ2) is 7.51. The lowest BCUT2D eigenvalue weighted by molar-refractivity contribution is -0.151. The predicted molar refractivity (Wildman–Crippen MR) is 67.0 cm³/mol. The van der Waals surface area contributed by atoms with Gasteiger partial charge < -0.3 is 9.47 Å². The summed E-state index contributed by atoms with van der Waals surface area (Å²) in [5.41, 5.74) is 0.535. The van der Waals surface area contributed by atoms with Crippen LogP contribution in [-0.4, -0.2) is 25.2 Å². The number of rotatable bonds is 6. The number of hydrogen-bond donors (Lipinski definition) is 0. The lowest BCUT2D eigenvalue weighted by Gasteiger charge is -2.15. The zero-order valence-corrected chi connectivity index (χ0v) is 11.0. The Bertz CT molecular complexity index is 428. The molecular weight excluding hydrogens is 251 g/mol. The van der Waals surface area contributed by atoms with Gasteiger partial charge in [-0.3, -0.25) is 9.59 Å². The molecule has 0 saturated carbocycles. The molecule has 0 spiro atoms. The van der Waals surface area contributed by atoms with E-state index in [2.05, 4.69) is 0 Å². The molecule has 0 aromatic heterocycles. The van der Waals surface area contributed by atoms with E-state index in [-0.39, 0.29) is 19.6 Å². The number of esters is 2. The van der Waals surface area contributed by atoms with Crippen LogP contribution in [0.1, 0.15) is 31.7 Å². The van der Waals surface area contributed by atoms with Crippen molar-refractivity contribution in [3.8, 4) is 0 Å². The first-order valence-corrected chi connectivity index (χ1v) is 6.16. The number of hydrogen-bond acceptors (Lipinski definition) is 4. The molecule has 0 unspecified atom stereocenters. The molecule has 0 radical (unpaired) electrons. The van der Waals surface area contributed by atoms with Crippen LogP contribution in [0.4, 0.5) is 4.39 Å². The molecule has 0 N–H and O–H groups in total. The van der Waals surface area contributed by atoms with E-state index in [1.807, 2.05) is 0 Å². The minimum atomic E-state index is -0.764. The molecule has 0 bridgehead atoms. The Hall–Kier alpha value is -1.91. The van der Waals surface area contributed by atoms with Crippen molar-refractivity contribution in [2.75, 3.05) is 13.2 Å². The predicted octanol–water partition coefficient (Wildman–Crippen LogP) is 2.43. The van der Waals surface area contributed by atoms with E-state index >= 15 is 0 Å². The molecular formula is C14H17FO4. The van der Waals surface area contributed by atoms with Crippen LogP contribution in [0.5, 0.6) is 0 Å². The van der Waals surface area contributed by atoms with Crippen LogP contribution < -0.4 is 0 Å². The summed E-state index contributed by atoms with van der Waals surface area (Å²) in [6, 6.07) is 5.42. The monoisotopic (exact) mass is 268 g/mol. The van der Waals surface area contributed by atoms with Crippen molar-refractivity contribution in [3.05, 3.63) is 35.6 Å². The van der Waals surface area contributed by atoms with Gasteiger partial charge >= 0.3 is 11.9 Å². The second-order valence-corrected chi connectivity index (χ2v) is 3.87. The zero-order chi connectivity index (χ0) is 14.3.